The zero-order valence-corrected chi connectivity index (χ0v) is 9.09. The molecule has 3 atom stereocenters. The van der Waals surface area contributed by atoms with Crippen molar-refractivity contribution in [1.82, 2.24) is 0 Å². The van der Waals surface area contributed by atoms with E-state index in [1.165, 1.54) is 38.5 Å². The fraction of sp³-hybridized carbons (Fsp3) is 0.917. The fourth-order valence-electron chi connectivity index (χ4n) is 3.71. The van der Waals surface area contributed by atoms with Crippen molar-refractivity contribution >= 4 is 5.91 Å². The minimum atomic E-state index is -0.0975. The Hall–Kier alpha value is -0.530. The summed E-state index contributed by atoms with van der Waals surface area (Å²) in [5, 5.41) is 0. The van der Waals surface area contributed by atoms with Crippen LogP contribution in [0.3, 0.4) is 0 Å². The van der Waals surface area contributed by atoms with Gasteiger partial charge in [-0.15, -0.1) is 0 Å². The molecule has 0 heterocycles. The Kier molecular flexibility index (Phi) is 2.54. The van der Waals surface area contributed by atoms with Crippen LogP contribution in [0.2, 0.25) is 0 Å². The molecule has 14 heavy (non-hydrogen) atoms. The van der Waals surface area contributed by atoms with Crippen molar-refractivity contribution in [2.24, 2.45) is 23.0 Å². The molecule has 0 spiro atoms. The van der Waals surface area contributed by atoms with Gasteiger partial charge in [0.05, 0.1) is 0 Å². The van der Waals surface area contributed by atoms with E-state index in [0.717, 1.165) is 11.8 Å². The first kappa shape index (κ1) is 10.0. The molecule has 2 aliphatic rings. The van der Waals surface area contributed by atoms with Gasteiger partial charge in [0.1, 0.15) is 0 Å². The van der Waals surface area contributed by atoms with Crippen molar-refractivity contribution in [3.05, 3.63) is 0 Å². The Morgan fingerprint density at radius 1 is 1.36 bits per heavy atom. The lowest BCUT2D eigenvalue weighted by Gasteiger charge is -2.29. The van der Waals surface area contributed by atoms with E-state index in [0.29, 0.717) is 11.8 Å². The molecule has 2 saturated carbocycles. The van der Waals surface area contributed by atoms with Gasteiger partial charge in [-0.1, -0.05) is 13.3 Å². The summed E-state index contributed by atoms with van der Waals surface area (Å²) < 4.78 is 0. The second-order valence-corrected chi connectivity index (χ2v) is 5.40. The summed E-state index contributed by atoms with van der Waals surface area (Å²) in [7, 11) is 0. The Bertz CT molecular complexity index is 224. The first-order valence-corrected chi connectivity index (χ1v) is 5.93. The minimum Gasteiger partial charge on any atom is -0.370 e. The van der Waals surface area contributed by atoms with Gasteiger partial charge in [-0.2, -0.15) is 0 Å². The van der Waals surface area contributed by atoms with Crippen LogP contribution in [0.25, 0.3) is 0 Å². The number of primary amides is 1. The van der Waals surface area contributed by atoms with Crippen molar-refractivity contribution in [3.63, 3.8) is 0 Å². The van der Waals surface area contributed by atoms with Crippen LogP contribution < -0.4 is 5.73 Å². The van der Waals surface area contributed by atoms with Crippen molar-refractivity contribution in [2.75, 3.05) is 0 Å². The average molecular weight is 195 g/mol. The Balaban J connectivity index is 2.03. The Morgan fingerprint density at radius 3 is 2.29 bits per heavy atom. The first-order chi connectivity index (χ1) is 6.65. The van der Waals surface area contributed by atoms with Gasteiger partial charge < -0.3 is 5.73 Å². The Morgan fingerprint density at radius 2 is 1.93 bits per heavy atom. The molecule has 1 unspecified atom stereocenters. The molecule has 0 saturated heterocycles. The van der Waals surface area contributed by atoms with Crippen molar-refractivity contribution in [2.45, 2.75) is 51.9 Å². The molecule has 80 valence electrons. The monoisotopic (exact) mass is 195 g/mol. The molecule has 2 rings (SSSR count). The number of carbonyl (C=O) groups is 1. The Labute approximate surface area is 86.2 Å². The molecular formula is C12H21NO. The van der Waals surface area contributed by atoms with E-state index >= 15 is 0 Å². The minimum absolute atomic E-state index is 0.0975. The van der Waals surface area contributed by atoms with E-state index in [1.54, 1.807) is 0 Å². The third-order valence-corrected chi connectivity index (χ3v) is 4.29. The molecule has 1 amide bonds. The summed E-state index contributed by atoms with van der Waals surface area (Å²) in [6.07, 6.45) is 8.36. The summed E-state index contributed by atoms with van der Waals surface area (Å²) in [5.41, 5.74) is 5.66. The normalized spacial score (nSPS) is 40.4. The standard InChI is InChI=1S/C12H21NO/c1-2-5-12(8-11(13)14)6-9-3-4-10(9)7-12/h9-10H,2-8H2,1H3,(H2,13,14)/t9-,10+,12?. The fourth-order valence-corrected chi connectivity index (χ4v) is 3.71. The molecule has 2 nitrogen and oxygen atoms in total. The summed E-state index contributed by atoms with van der Waals surface area (Å²) in [6.45, 7) is 2.21. The number of rotatable bonds is 4. The maximum atomic E-state index is 11.1. The van der Waals surface area contributed by atoms with Gasteiger partial charge in [-0.3, -0.25) is 4.79 Å². The SMILES string of the molecule is CCCC1(CC(N)=O)C[C@H]2CC[C@H]2C1. The second-order valence-electron chi connectivity index (χ2n) is 5.40. The number of hydrogen-bond donors (Lipinski definition) is 1. The number of hydrogen-bond acceptors (Lipinski definition) is 1. The third-order valence-electron chi connectivity index (χ3n) is 4.29. The van der Waals surface area contributed by atoms with E-state index in [4.69, 9.17) is 5.73 Å². The third kappa shape index (κ3) is 1.67. The van der Waals surface area contributed by atoms with Gasteiger partial charge >= 0.3 is 0 Å². The van der Waals surface area contributed by atoms with E-state index < -0.39 is 0 Å². The molecule has 0 aromatic carbocycles. The molecule has 0 aliphatic heterocycles. The highest BCUT2D eigenvalue weighted by molar-refractivity contribution is 5.74. The lowest BCUT2D eigenvalue weighted by molar-refractivity contribution is -0.120. The summed E-state index contributed by atoms with van der Waals surface area (Å²) >= 11 is 0. The van der Waals surface area contributed by atoms with Crippen LogP contribution in [0.15, 0.2) is 0 Å². The molecule has 2 fully saturated rings. The maximum absolute atomic E-state index is 11.1. The van der Waals surface area contributed by atoms with Crippen molar-refractivity contribution in [3.8, 4) is 0 Å². The van der Waals surface area contributed by atoms with Gasteiger partial charge in [0.15, 0.2) is 0 Å². The first-order valence-electron chi connectivity index (χ1n) is 5.93. The largest absolute Gasteiger partial charge is 0.370 e. The molecule has 2 N–H and O–H groups in total. The van der Waals surface area contributed by atoms with E-state index in [9.17, 15) is 4.79 Å². The lowest BCUT2D eigenvalue weighted by Crippen LogP contribution is -2.25. The van der Waals surface area contributed by atoms with Gasteiger partial charge in [0.25, 0.3) is 0 Å². The van der Waals surface area contributed by atoms with Crippen LogP contribution in [0.4, 0.5) is 0 Å². The topological polar surface area (TPSA) is 43.1 Å². The average Bonchev–Trinajstić information content (AvgIpc) is 2.29. The quantitative estimate of drug-likeness (QED) is 0.735. The molecule has 2 heteroatoms. The zero-order chi connectivity index (χ0) is 10.2. The van der Waals surface area contributed by atoms with E-state index in [-0.39, 0.29) is 5.91 Å². The highest BCUT2D eigenvalue weighted by Gasteiger charge is 2.48. The predicted molar refractivity (Wildman–Crippen MR) is 56.6 cm³/mol. The number of fused-ring (bicyclic) bond motifs is 1. The van der Waals surface area contributed by atoms with E-state index in [2.05, 4.69) is 6.92 Å². The summed E-state index contributed by atoms with van der Waals surface area (Å²) in [6, 6.07) is 0. The molecule has 0 radical (unpaired) electrons. The second kappa shape index (κ2) is 3.56. The van der Waals surface area contributed by atoms with Gasteiger partial charge in [-0.25, -0.2) is 0 Å². The highest BCUT2D eigenvalue weighted by atomic mass is 16.1. The number of nitrogens with two attached hydrogens (primary N) is 1. The van der Waals surface area contributed by atoms with Crippen molar-refractivity contribution in [1.29, 1.82) is 0 Å². The smallest absolute Gasteiger partial charge is 0.217 e. The number of amides is 1. The van der Waals surface area contributed by atoms with Crippen molar-refractivity contribution < 1.29 is 4.79 Å². The summed E-state index contributed by atoms with van der Waals surface area (Å²) in [5.74, 6) is 1.77. The maximum Gasteiger partial charge on any atom is 0.217 e. The molecule has 0 aromatic rings. The van der Waals surface area contributed by atoms with Gasteiger partial charge in [0, 0.05) is 6.42 Å². The van der Waals surface area contributed by atoms with E-state index in [1.807, 2.05) is 0 Å². The molecule has 0 bridgehead atoms. The van der Waals surface area contributed by atoms with Crippen LogP contribution in [-0.2, 0) is 4.79 Å². The van der Waals surface area contributed by atoms with Crippen LogP contribution in [0.5, 0.6) is 0 Å². The van der Waals surface area contributed by atoms with Gasteiger partial charge in [-0.05, 0) is 49.4 Å². The molecular weight excluding hydrogens is 174 g/mol. The van der Waals surface area contributed by atoms with Crippen LogP contribution in [0, 0.1) is 17.3 Å². The summed E-state index contributed by atoms with van der Waals surface area (Å²) in [4.78, 5) is 11.1. The molecule has 0 aromatic heterocycles. The zero-order valence-electron chi connectivity index (χ0n) is 9.09. The van der Waals surface area contributed by atoms with Crippen LogP contribution >= 0.6 is 0 Å². The van der Waals surface area contributed by atoms with Crippen LogP contribution in [-0.4, -0.2) is 5.91 Å². The molecule has 2 aliphatic carbocycles. The van der Waals surface area contributed by atoms with Crippen LogP contribution in [0.1, 0.15) is 51.9 Å². The highest BCUT2D eigenvalue weighted by Crippen LogP contribution is 2.58. The lowest BCUT2D eigenvalue weighted by atomic mass is 9.77. The number of carbonyl (C=O) groups excluding carboxylic acids is 1. The predicted octanol–water partition coefficient (Wildman–Crippen LogP) is 2.47. The van der Waals surface area contributed by atoms with Gasteiger partial charge in [0.2, 0.25) is 5.91 Å².